The van der Waals surface area contributed by atoms with E-state index in [1.165, 1.54) is 0 Å². The number of hydrogen-bond acceptors (Lipinski definition) is 6. The Labute approximate surface area is 115 Å². The molecular formula is C13H14N6O. The number of anilines is 1. The van der Waals surface area contributed by atoms with E-state index in [0.29, 0.717) is 22.9 Å². The second-order valence-electron chi connectivity index (χ2n) is 4.07. The van der Waals surface area contributed by atoms with Crippen LogP contribution < -0.4 is 16.3 Å². The van der Waals surface area contributed by atoms with E-state index in [1.54, 1.807) is 36.5 Å². The third kappa shape index (κ3) is 2.89. The fourth-order valence-electron chi connectivity index (χ4n) is 1.56. The summed E-state index contributed by atoms with van der Waals surface area (Å²) in [5.74, 6) is 6.34. The van der Waals surface area contributed by atoms with Gasteiger partial charge in [0, 0.05) is 11.6 Å². The minimum Gasteiger partial charge on any atom is -0.439 e. The monoisotopic (exact) mass is 270 g/mol. The summed E-state index contributed by atoms with van der Waals surface area (Å²) < 4.78 is 5.60. The van der Waals surface area contributed by atoms with Gasteiger partial charge in [0.25, 0.3) is 0 Å². The van der Waals surface area contributed by atoms with Crippen LogP contribution in [0.2, 0.25) is 0 Å². The van der Waals surface area contributed by atoms with Gasteiger partial charge in [-0.15, -0.1) is 5.11 Å². The number of benzene rings is 1. The summed E-state index contributed by atoms with van der Waals surface area (Å²) in [6.45, 7) is 1.88. The van der Waals surface area contributed by atoms with Gasteiger partial charge in [-0.2, -0.15) is 5.10 Å². The van der Waals surface area contributed by atoms with E-state index in [9.17, 15) is 0 Å². The van der Waals surface area contributed by atoms with Crippen LogP contribution in [0, 0.1) is 12.5 Å². The third-order valence-corrected chi connectivity index (χ3v) is 2.69. The van der Waals surface area contributed by atoms with Gasteiger partial charge in [-0.05, 0) is 36.8 Å². The largest absolute Gasteiger partial charge is 0.439 e. The van der Waals surface area contributed by atoms with E-state index in [2.05, 4.69) is 15.2 Å². The number of hydrazone groups is 1. The summed E-state index contributed by atoms with van der Waals surface area (Å²) in [5.41, 5.74) is 14.8. The van der Waals surface area contributed by atoms with E-state index in [0.717, 1.165) is 5.56 Å². The SMILES string of the molecule is Cc1cc(Oc2ccc(/C(N=N)=N/N)cc2)ncc1N. The number of aryl methyl sites for hydroxylation is 1. The zero-order chi connectivity index (χ0) is 14.5. The Kier molecular flexibility index (Phi) is 3.90. The molecule has 1 aromatic carbocycles. The number of nitrogens with one attached hydrogen (secondary N) is 1. The lowest BCUT2D eigenvalue weighted by molar-refractivity contribution is 0.462. The first kappa shape index (κ1) is 13.5. The van der Waals surface area contributed by atoms with Crippen molar-refractivity contribution in [3.8, 4) is 11.6 Å². The van der Waals surface area contributed by atoms with Gasteiger partial charge < -0.3 is 16.3 Å². The van der Waals surface area contributed by atoms with Crippen LogP contribution in [0.4, 0.5) is 5.69 Å². The molecule has 2 aromatic rings. The van der Waals surface area contributed by atoms with Gasteiger partial charge in [0.05, 0.1) is 11.9 Å². The number of nitrogens with zero attached hydrogens (tertiary/aromatic N) is 3. The minimum atomic E-state index is 0.151. The predicted molar refractivity (Wildman–Crippen MR) is 75.8 cm³/mol. The van der Waals surface area contributed by atoms with Crippen LogP contribution in [0.25, 0.3) is 0 Å². The number of nitrogen functional groups attached to an aromatic ring is 1. The van der Waals surface area contributed by atoms with E-state index >= 15 is 0 Å². The molecule has 0 amide bonds. The molecule has 2 rings (SSSR count). The maximum Gasteiger partial charge on any atom is 0.219 e. The molecule has 0 atom stereocenters. The summed E-state index contributed by atoms with van der Waals surface area (Å²) in [4.78, 5) is 4.08. The second kappa shape index (κ2) is 5.79. The highest BCUT2D eigenvalue weighted by Crippen LogP contribution is 2.22. The van der Waals surface area contributed by atoms with Crippen molar-refractivity contribution < 1.29 is 4.74 Å². The fourth-order valence-corrected chi connectivity index (χ4v) is 1.56. The normalized spacial score (nSPS) is 11.2. The van der Waals surface area contributed by atoms with Crippen molar-refractivity contribution in [2.24, 2.45) is 16.1 Å². The molecule has 7 nitrogen and oxygen atoms in total. The molecule has 0 aliphatic carbocycles. The lowest BCUT2D eigenvalue weighted by Gasteiger charge is -2.07. The average Bonchev–Trinajstić information content (AvgIpc) is 2.46. The summed E-state index contributed by atoms with van der Waals surface area (Å²) in [7, 11) is 0. The zero-order valence-corrected chi connectivity index (χ0v) is 10.9. The van der Waals surface area contributed by atoms with Crippen molar-refractivity contribution in [3.05, 3.63) is 47.7 Å². The van der Waals surface area contributed by atoms with Crippen LogP contribution >= 0.6 is 0 Å². The second-order valence-corrected chi connectivity index (χ2v) is 4.07. The summed E-state index contributed by atoms with van der Waals surface area (Å²) in [5, 5.41) is 6.63. The van der Waals surface area contributed by atoms with Crippen molar-refractivity contribution in [2.45, 2.75) is 6.92 Å². The number of aromatic nitrogens is 1. The van der Waals surface area contributed by atoms with Crippen molar-refractivity contribution >= 4 is 11.5 Å². The Morgan fingerprint density at radius 1 is 1.30 bits per heavy atom. The molecule has 0 spiro atoms. The Morgan fingerprint density at radius 3 is 2.55 bits per heavy atom. The first-order valence-corrected chi connectivity index (χ1v) is 5.80. The molecule has 0 fully saturated rings. The van der Waals surface area contributed by atoms with Gasteiger partial charge in [0.1, 0.15) is 5.75 Å². The van der Waals surface area contributed by atoms with E-state index < -0.39 is 0 Å². The highest BCUT2D eigenvalue weighted by molar-refractivity contribution is 5.98. The number of pyridine rings is 1. The van der Waals surface area contributed by atoms with Crippen molar-refractivity contribution in [2.75, 3.05) is 5.73 Å². The highest BCUT2D eigenvalue weighted by Gasteiger charge is 2.04. The summed E-state index contributed by atoms with van der Waals surface area (Å²) in [6.07, 6.45) is 1.55. The van der Waals surface area contributed by atoms with Gasteiger partial charge in [0.2, 0.25) is 5.88 Å². The maximum atomic E-state index is 6.94. The lowest BCUT2D eigenvalue weighted by atomic mass is 10.2. The van der Waals surface area contributed by atoms with Crippen LogP contribution in [0.5, 0.6) is 11.6 Å². The molecular weight excluding hydrogens is 256 g/mol. The average molecular weight is 270 g/mol. The Morgan fingerprint density at radius 2 is 2.00 bits per heavy atom. The number of amidine groups is 1. The van der Waals surface area contributed by atoms with Crippen molar-refractivity contribution in [1.29, 1.82) is 5.53 Å². The molecule has 102 valence electrons. The fraction of sp³-hybridized carbons (Fsp3) is 0.0769. The summed E-state index contributed by atoms with van der Waals surface area (Å²) >= 11 is 0. The number of hydrogen-bond donors (Lipinski definition) is 3. The Hall–Kier alpha value is -2.96. The maximum absolute atomic E-state index is 6.94. The molecule has 0 aliphatic heterocycles. The molecule has 0 unspecified atom stereocenters. The van der Waals surface area contributed by atoms with Crippen LogP contribution in [0.1, 0.15) is 11.1 Å². The molecule has 1 heterocycles. The molecule has 0 radical (unpaired) electrons. The van der Waals surface area contributed by atoms with Crippen LogP contribution in [-0.4, -0.2) is 10.8 Å². The van der Waals surface area contributed by atoms with Crippen molar-refractivity contribution in [1.82, 2.24) is 4.98 Å². The number of nitrogens with two attached hydrogens (primary N) is 2. The van der Waals surface area contributed by atoms with Gasteiger partial charge in [-0.3, -0.25) is 0 Å². The van der Waals surface area contributed by atoms with Gasteiger partial charge in [-0.25, -0.2) is 10.5 Å². The molecule has 0 bridgehead atoms. The molecule has 20 heavy (non-hydrogen) atoms. The number of rotatable bonds is 3. The van der Waals surface area contributed by atoms with E-state index in [4.69, 9.17) is 21.8 Å². The van der Waals surface area contributed by atoms with Gasteiger partial charge >= 0.3 is 0 Å². The standard InChI is InChI=1S/C13H14N6O/c1-8-6-12(17-7-11(8)14)20-10-4-2-9(3-5-10)13(18-15)19-16/h2-7,15H,14,16H2,1H3/b18-15?,19-13-. The van der Waals surface area contributed by atoms with Gasteiger partial charge in [-0.1, -0.05) is 0 Å². The third-order valence-electron chi connectivity index (χ3n) is 2.69. The molecule has 0 aliphatic rings. The predicted octanol–water partition coefficient (Wildman–Crippen LogP) is 2.42. The smallest absolute Gasteiger partial charge is 0.219 e. The molecule has 0 saturated carbocycles. The quantitative estimate of drug-likeness (QED) is 0.260. The zero-order valence-electron chi connectivity index (χ0n) is 10.9. The topological polar surface area (TPSA) is 123 Å². The van der Waals surface area contributed by atoms with Crippen LogP contribution in [-0.2, 0) is 0 Å². The lowest BCUT2D eigenvalue weighted by Crippen LogP contribution is -2.00. The minimum absolute atomic E-state index is 0.151. The van der Waals surface area contributed by atoms with Gasteiger partial charge in [0.15, 0.2) is 5.84 Å². The first-order chi connectivity index (χ1) is 9.63. The molecule has 7 heteroatoms. The van der Waals surface area contributed by atoms with Crippen LogP contribution in [0.3, 0.4) is 0 Å². The van der Waals surface area contributed by atoms with E-state index in [1.807, 2.05) is 6.92 Å². The molecule has 1 aromatic heterocycles. The first-order valence-electron chi connectivity index (χ1n) is 5.80. The van der Waals surface area contributed by atoms with E-state index in [-0.39, 0.29) is 5.84 Å². The summed E-state index contributed by atoms with van der Waals surface area (Å²) in [6, 6.07) is 8.62. The Bertz CT molecular complexity index is 650. The van der Waals surface area contributed by atoms with Crippen LogP contribution in [0.15, 0.2) is 46.7 Å². The molecule has 5 N–H and O–H groups in total. The highest BCUT2D eigenvalue weighted by atomic mass is 16.5. The van der Waals surface area contributed by atoms with Crippen molar-refractivity contribution in [3.63, 3.8) is 0 Å². The Balaban J connectivity index is 2.18. The number of ether oxygens (including phenoxy) is 1. The molecule has 0 saturated heterocycles.